The molecule has 32 heavy (non-hydrogen) atoms. The zero-order valence-corrected chi connectivity index (χ0v) is 20.5. The van der Waals surface area contributed by atoms with Crippen LogP contribution in [0.5, 0.6) is 0 Å². The van der Waals surface area contributed by atoms with E-state index in [1.54, 1.807) is 0 Å². The first-order valence-corrected chi connectivity index (χ1v) is 12.5. The van der Waals surface area contributed by atoms with Crippen LogP contribution in [-0.4, -0.2) is 40.9 Å². The molecule has 1 aliphatic carbocycles. The van der Waals surface area contributed by atoms with Gasteiger partial charge in [0.1, 0.15) is 0 Å². The predicted octanol–water partition coefficient (Wildman–Crippen LogP) is 6.22. The minimum absolute atomic E-state index is 0.217. The second-order valence-corrected chi connectivity index (χ2v) is 10.2. The summed E-state index contributed by atoms with van der Waals surface area (Å²) in [6.07, 6.45) is 4.50. The van der Waals surface area contributed by atoms with Crippen molar-refractivity contribution < 1.29 is 4.79 Å². The van der Waals surface area contributed by atoms with Crippen molar-refractivity contribution in [3.63, 3.8) is 0 Å². The van der Waals surface area contributed by atoms with Crippen LogP contribution in [0.3, 0.4) is 0 Å². The highest BCUT2D eigenvalue weighted by atomic mass is 35.5. The molecule has 1 heterocycles. The van der Waals surface area contributed by atoms with E-state index in [-0.39, 0.29) is 18.0 Å². The zero-order chi connectivity index (χ0) is 22.7. The number of anilines is 1. The first-order valence-electron chi connectivity index (χ1n) is 11.7. The summed E-state index contributed by atoms with van der Waals surface area (Å²) in [5.74, 6) is 0.607. The number of hydrogen-bond acceptors (Lipinski definition) is 3. The highest BCUT2D eigenvalue weighted by Crippen LogP contribution is 2.31. The van der Waals surface area contributed by atoms with Gasteiger partial charge in [-0.05, 0) is 56.0 Å². The van der Waals surface area contributed by atoms with E-state index in [1.165, 1.54) is 12.8 Å². The Morgan fingerprint density at radius 2 is 1.72 bits per heavy atom. The molecule has 1 amide bonds. The minimum atomic E-state index is 0.217. The van der Waals surface area contributed by atoms with Gasteiger partial charge in [0, 0.05) is 49.2 Å². The van der Waals surface area contributed by atoms with Crippen molar-refractivity contribution in [1.82, 2.24) is 9.80 Å². The third kappa shape index (κ3) is 5.41. The molecule has 0 bridgehead atoms. The lowest BCUT2D eigenvalue weighted by atomic mass is 10.0. The first kappa shape index (κ1) is 23.4. The molecule has 0 radical (unpaired) electrons. The van der Waals surface area contributed by atoms with E-state index >= 15 is 0 Å². The number of piperazine rings is 1. The number of hydrogen-bond donors (Lipinski definition) is 1. The monoisotopic (exact) mass is 473 g/mol. The van der Waals surface area contributed by atoms with Gasteiger partial charge in [-0.3, -0.25) is 9.69 Å². The Kier molecular flexibility index (Phi) is 7.65. The third-order valence-electron chi connectivity index (χ3n) is 6.80. The van der Waals surface area contributed by atoms with Gasteiger partial charge in [0.15, 0.2) is 0 Å². The summed E-state index contributed by atoms with van der Waals surface area (Å²) < 4.78 is 0. The molecule has 2 aromatic carbocycles. The minimum Gasteiger partial charge on any atom is -0.380 e. The molecule has 4 nitrogen and oxygen atoms in total. The van der Waals surface area contributed by atoms with Crippen LogP contribution in [0.2, 0.25) is 10.0 Å². The standard InChI is InChI=1S/C26H33Cl2N3O/c1-18-15-30(16-19(2)31(18)26(32)21-8-3-4-9-21)17-22-10-6-12-24(25(22)28)29-14-20-7-5-11-23(27)13-20/h5-7,10-13,18-19,21,29H,3-4,8-9,14-17H2,1-2H3. The summed E-state index contributed by atoms with van der Waals surface area (Å²) in [4.78, 5) is 17.6. The van der Waals surface area contributed by atoms with Crippen LogP contribution in [0, 0.1) is 5.92 Å². The molecule has 2 unspecified atom stereocenters. The van der Waals surface area contributed by atoms with Crippen LogP contribution >= 0.6 is 23.2 Å². The topological polar surface area (TPSA) is 35.6 Å². The van der Waals surface area contributed by atoms with Gasteiger partial charge in [0.25, 0.3) is 0 Å². The highest BCUT2D eigenvalue weighted by molar-refractivity contribution is 6.34. The molecule has 2 atom stereocenters. The molecular formula is C26H33Cl2N3O. The molecule has 1 aliphatic heterocycles. The highest BCUT2D eigenvalue weighted by Gasteiger charge is 2.36. The van der Waals surface area contributed by atoms with E-state index in [2.05, 4.69) is 35.0 Å². The predicted molar refractivity (Wildman–Crippen MR) is 133 cm³/mol. The molecule has 1 saturated heterocycles. The molecule has 2 aliphatic rings. The van der Waals surface area contributed by atoms with E-state index in [4.69, 9.17) is 23.2 Å². The average molecular weight is 474 g/mol. The molecule has 172 valence electrons. The summed E-state index contributed by atoms with van der Waals surface area (Å²) >= 11 is 12.9. The Morgan fingerprint density at radius 3 is 2.41 bits per heavy atom. The summed E-state index contributed by atoms with van der Waals surface area (Å²) in [5.41, 5.74) is 3.16. The van der Waals surface area contributed by atoms with Crippen molar-refractivity contribution in [3.8, 4) is 0 Å². The normalized spacial score (nSPS) is 22.3. The molecule has 1 N–H and O–H groups in total. The Bertz CT molecular complexity index is 932. The summed E-state index contributed by atoms with van der Waals surface area (Å²) in [6, 6.07) is 14.4. The van der Waals surface area contributed by atoms with Crippen LogP contribution in [0.25, 0.3) is 0 Å². The number of nitrogens with zero attached hydrogens (tertiary/aromatic N) is 2. The lowest BCUT2D eigenvalue weighted by Gasteiger charge is -2.45. The largest absolute Gasteiger partial charge is 0.380 e. The smallest absolute Gasteiger partial charge is 0.226 e. The molecule has 2 aromatic rings. The van der Waals surface area contributed by atoms with Gasteiger partial charge in [0.05, 0.1) is 10.7 Å². The number of benzene rings is 2. The number of amides is 1. The van der Waals surface area contributed by atoms with Gasteiger partial charge in [-0.1, -0.05) is 60.3 Å². The maximum Gasteiger partial charge on any atom is 0.226 e. The van der Waals surface area contributed by atoms with Crippen molar-refractivity contribution in [3.05, 3.63) is 63.6 Å². The Hall–Kier alpha value is -1.75. The summed E-state index contributed by atoms with van der Waals surface area (Å²) in [7, 11) is 0. The van der Waals surface area contributed by atoms with E-state index < -0.39 is 0 Å². The van der Waals surface area contributed by atoms with Crippen LogP contribution in [0.15, 0.2) is 42.5 Å². The van der Waals surface area contributed by atoms with E-state index in [0.29, 0.717) is 12.5 Å². The number of carbonyl (C=O) groups is 1. The maximum absolute atomic E-state index is 13.1. The van der Waals surface area contributed by atoms with Crippen molar-refractivity contribution in [2.75, 3.05) is 18.4 Å². The van der Waals surface area contributed by atoms with Crippen molar-refractivity contribution in [2.24, 2.45) is 5.92 Å². The van der Waals surface area contributed by atoms with Crippen LogP contribution in [-0.2, 0) is 17.9 Å². The van der Waals surface area contributed by atoms with Gasteiger partial charge >= 0.3 is 0 Å². The molecule has 2 fully saturated rings. The van der Waals surface area contributed by atoms with Crippen molar-refractivity contribution in [1.29, 1.82) is 0 Å². The number of halogens is 2. The Morgan fingerprint density at radius 1 is 1.03 bits per heavy atom. The molecule has 0 aromatic heterocycles. The van der Waals surface area contributed by atoms with Gasteiger partial charge in [0.2, 0.25) is 5.91 Å². The molecule has 0 spiro atoms. The number of carbonyl (C=O) groups excluding carboxylic acids is 1. The number of nitrogens with one attached hydrogen (secondary N) is 1. The van der Waals surface area contributed by atoms with E-state index in [1.807, 2.05) is 36.4 Å². The van der Waals surface area contributed by atoms with Crippen molar-refractivity contribution >= 4 is 34.8 Å². The third-order valence-corrected chi connectivity index (χ3v) is 7.48. The quantitative estimate of drug-likeness (QED) is 0.540. The van der Waals surface area contributed by atoms with Crippen molar-refractivity contribution in [2.45, 2.75) is 64.7 Å². The molecule has 4 rings (SSSR count). The summed E-state index contributed by atoms with van der Waals surface area (Å²) in [5, 5.41) is 4.94. The molecular weight excluding hydrogens is 441 g/mol. The van der Waals surface area contributed by atoms with Crippen LogP contribution in [0.1, 0.15) is 50.7 Å². The number of rotatable bonds is 6. The molecule has 6 heteroatoms. The Labute approximate surface area is 201 Å². The first-order chi connectivity index (χ1) is 15.4. The summed E-state index contributed by atoms with van der Waals surface area (Å²) in [6.45, 7) is 7.56. The van der Waals surface area contributed by atoms with Crippen LogP contribution < -0.4 is 5.32 Å². The van der Waals surface area contributed by atoms with Crippen LogP contribution in [0.4, 0.5) is 5.69 Å². The second-order valence-electron chi connectivity index (χ2n) is 9.38. The van der Waals surface area contributed by atoms with Gasteiger partial charge < -0.3 is 10.2 Å². The van der Waals surface area contributed by atoms with Gasteiger partial charge in [-0.2, -0.15) is 0 Å². The SMILES string of the molecule is CC1CN(Cc2cccc(NCc3cccc(Cl)c3)c2Cl)CC(C)N1C(=O)C1CCCC1. The lowest BCUT2D eigenvalue weighted by molar-refractivity contribution is -0.143. The maximum atomic E-state index is 13.1. The average Bonchev–Trinajstić information content (AvgIpc) is 3.29. The fraction of sp³-hybridized carbons (Fsp3) is 0.500. The zero-order valence-electron chi connectivity index (χ0n) is 19.0. The Balaban J connectivity index is 1.39. The lowest BCUT2D eigenvalue weighted by Crippen LogP contribution is -2.59. The fourth-order valence-corrected chi connectivity index (χ4v) is 5.77. The fourth-order valence-electron chi connectivity index (χ4n) is 5.30. The van der Waals surface area contributed by atoms with Gasteiger partial charge in [-0.15, -0.1) is 0 Å². The van der Waals surface area contributed by atoms with E-state index in [0.717, 1.165) is 59.3 Å². The van der Waals surface area contributed by atoms with Gasteiger partial charge in [-0.25, -0.2) is 0 Å². The second kappa shape index (κ2) is 10.5. The van der Waals surface area contributed by atoms with E-state index in [9.17, 15) is 4.79 Å². The molecule has 1 saturated carbocycles.